The van der Waals surface area contributed by atoms with Gasteiger partial charge in [-0.25, -0.2) is 0 Å². The highest BCUT2D eigenvalue weighted by Gasteiger charge is 2.26. The van der Waals surface area contributed by atoms with Crippen LogP contribution in [0.15, 0.2) is 6.07 Å². The zero-order valence-corrected chi connectivity index (χ0v) is 13.1. The smallest absolute Gasteiger partial charge is 0.376 e. The summed E-state index contributed by atoms with van der Waals surface area (Å²) in [6, 6.07) is 1.37. The lowest BCUT2D eigenvalue weighted by atomic mass is 10.1. The lowest BCUT2D eigenvalue weighted by molar-refractivity contribution is -0.389. The summed E-state index contributed by atoms with van der Waals surface area (Å²) in [5, 5.41) is 17.6. The molecule has 2 heterocycles. The van der Waals surface area contributed by atoms with Crippen LogP contribution in [0.3, 0.4) is 0 Å². The highest BCUT2D eigenvalue weighted by molar-refractivity contribution is 5.78. The Hall–Kier alpha value is -1.96. The molecule has 1 amide bonds. The van der Waals surface area contributed by atoms with Gasteiger partial charge in [-0.3, -0.25) is 4.79 Å². The van der Waals surface area contributed by atoms with E-state index in [1.54, 1.807) is 13.8 Å². The molecule has 1 aliphatic heterocycles. The normalized spacial score (nSPS) is 20.6. The average molecular weight is 310 g/mol. The molecule has 8 nitrogen and oxygen atoms in total. The topological polar surface area (TPSA) is 99.3 Å². The zero-order valence-electron chi connectivity index (χ0n) is 13.1. The Morgan fingerprint density at radius 2 is 2.36 bits per heavy atom. The van der Waals surface area contributed by atoms with Gasteiger partial charge in [-0.2, -0.15) is 4.68 Å². The molecule has 1 aliphatic rings. The number of ether oxygens (including phenoxy) is 1. The van der Waals surface area contributed by atoms with Gasteiger partial charge in [0.2, 0.25) is 5.91 Å². The number of rotatable bonds is 6. The molecule has 1 aromatic heterocycles. The van der Waals surface area contributed by atoms with Crippen LogP contribution >= 0.6 is 0 Å². The highest BCUT2D eigenvalue weighted by atomic mass is 16.6. The maximum atomic E-state index is 12.2. The highest BCUT2D eigenvalue weighted by Crippen LogP contribution is 2.16. The fourth-order valence-corrected chi connectivity index (χ4v) is 2.57. The maximum absolute atomic E-state index is 12.2. The van der Waals surface area contributed by atoms with Crippen molar-refractivity contribution >= 4 is 11.7 Å². The van der Waals surface area contributed by atoms with Crippen molar-refractivity contribution in [1.82, 2.24) is 15.1 Å². The van der Waals surface area contributed by atoms with Gasteiger partial charge >= 0.3 is 5.82 Å². The monoisotopic (exact) mass is 310 g/mol. The number of aryl methyl sites for hydroxylation is 1. The standard InChI is InChI=1S/C14H22N4O4/c1-9(8-17-10(2)7-13(16-17)18(20)21)14(19)15-11(3)12-5-4-6-22-12/h7,9,11-12H,4-6,8H2,1-3H3,(H,15,19)/t9-,11+,12-/m0/s1. The Kier molecular flexibility index (Phi) is 5.12. The van der Waals surface area contributed by atoms with Crippen molar-refractivity contribution in [3.05, 3.63) is 21.9 Å². The first-order valence-corrected chi connectivity index (χ1v) is 7.49. The fraction of sp³-hybridized carbons (Fsp3) is 0.714. The molecule has 0 bridgehead atoms. The van der Waals surface area contributed by atoms with E-state index in [4.69, 9.17) is 4.74 Å². The second-order valence-corrected chi connectivity index (χ2v) is 5.83. The van der Waals surface area contributed by atoms with E-state index in [1.807, 2.05) is 6.92 Å². The van der Waals surface area contributed by atoms with E-state index in [-0.39, 0.29) is 29.8 Å². The third-order valence-electron chi connectivity index (χ3n) is 3.94. The van der Waals surface area contributed by atoms with Gasteiger partial charge in [0.1, 0.15) is 0 Å². The summed E-state index contributed by atoms with van der Waals surface area (Å²) in [6.45, 7) is 6.51. The van der Waals surface area contributed by atoms with E-state index in [2.05, 4.69) is 10.4 Å². The third kappa shape index (κ3) is 3.82. The van der Waals surface area contributed by atoms with Crippen LogP contribution in [0.2, 0.25) is 0 Å². The molecule has 1 saturated heterocycles. The van der Waals surface area contributed by atoms with E-state index in [0.29, 0.717) is 12.2 Å². The predicted molar refractivity (Wildman–Crippen MR) is 79.4 cm³/mol. The van der Waals surface area contributed by atoms with Crippen molar-refractivity contribution in [2.75, 3.05) is 6.61 Å². The van der Waals surface area contributed by atoms with Crippen LogP contribution < -0.4 is 5.32 Å². The molecule has 22 heavy (non-hydrogen) atoms. The Morgan fingerprint density at radius 1 is 1.64 bits per heavy atom. The lowest BCUT2D eigenvalue weighted by Crippen LogP contribution is -2.43. The largest absolute Gasteiger partial charge is 0.390 e. The quantitative estimate of drug-likeness (QED) is 0.633. The third-order valence-corrected chi connectivity index (χ3v) is 3.94. The van der Waals surface area contributed by atoms with Gasteiger partial charge in [0.05, 0.1) is 41.5 Å². The molecule has 3 atom stereocenters. The van der Waals surface area contributed by atoms with E-state index in [0.717, 1.165) is 19.4 Å². The maximum Gasteiger partial charge on any atom is 0.390 e. The molecule has 0 unspecified atom stereocenters. The van der Waals surface area contributed by atoms with Crippen molar-refractivity contribution in [2.24, 2.45) is 5.92 Å². The first-order valence-electron chi connectivity index (χ1n) is 7.49. The molecule has 0 spiro atoms. The minimum absolute atomic E-state index is 0.0366. The molecule has 1 N–H and O–H groups in total. The van der Waals surface area contributed by atoms with Gasteiger partial charge < -0.3 is 20.2 Å². The molecule has 0 saturated carbocycles. The molecular weight excluding hydrogens is 288 g/mol. The van der Waals surface area contributed by atoms with Gasteiger partial charge in [-0.05, 0) is 31.6 Å². The van der Waals surface area contributed by atoms with E-state index in [1.165, 1.54) is 10.7 Å². The number of hydrogen-bond donors (Lipinski definition) is 1. The molecule has 122 valence electrons. The van der Waals surface area contributed by atoms with Gasteiger partial charge in [0.15, 0.2) is 0 Å². The van der Waals surface area contributed by atoms with E-state index < -0.39 is 4.92 Å². The molecule has 0 aliphatic carbocycles. The Bertz CT molecular complexity index is 551. The number of carbonyl (C=O) groups is 1. The van der Waals surface area contributed by atoms with Crippen LogP contribution in [0.25, 0.3) is 0 Å². The number of nitrogens with one attached hydrogen (secondary N) is 1. The SMILES string of the molecule is Cc1cc([N+](=O)[O-])nn1C[C@H](C)C(=O)N[C@H](C)[C@@H]1CCCO1. The summed E-state index contributed by atoms with van der Waals surface area (Å²) in [5.41, 5.74) is 0.665. The molecule has 0 radical (unpaired) electrons. The first-order chi connectivity index (χ1) is 10.4. The van der Waals surface area contributed by atoms with Crippen LogP contribution in [-0.4, -0.2) is 39.4 Å². The summed E-state index contributed by atoms with van der Waals surface area (Å²) in [7, 11) is 0. The van der Waals surface area contributed by atoms with Gasteiger partial charge in [0.25, 0.3) is 0 Å². The summed E-state index contributed by atoms with van der Waals surface area (Å²) < 4.78 is 7.05. The van der Waals surface area contributed by atoms with Crippen LogP contribution in [0.5, 0.6) is 0 Å². The van der Waals surface area contributed by atoms with Crippen LogP contribution in [0.4, 0.5) is 5.82 Å². The molecule has 1 aromatic rings. The number of nitrogens with zero attached hydrogens (tertiary/aromatic N) is 3. The summed E-state index contributed by atoms with van der Waals surface area (Å²) in [6.07, 6.45) is 2.06. The first kappa shape index (κ1) is 16.4. The summed E-state index contributed by atoms with van der Waals surface area (Å²) in [4.78, 5) is 22.4. The molecule has 0 aromatic carbocycles. The molecule has 1 fully saturated rings. The Labute approximate surface area is 129 Å². The minimum atomic E-state index is -0.534. The number of aromatic nitrogens is 2. The van der Waals surface area contributed by atoms with Crippen molar-refractivity contribution in [3.8, 4) is 0 Å². The Morgan fingerprint density at radius 3 is 2.91 bits per heavy atom. The van der Waals surface area contributed by atoms with Gasteiger partial charge in [0, 0.05) is 6.61 Å². The zero-order chi connectivity index (χ0) is 16.3. The van der Waals surface area contributed by atoms with Crippen LogP contribution in [0.1, 0.15) is 32.4 Å². The predicted octanol–water partition coefficient (Wildman–Crippen LogP) is 1.42. The average Bonchev–Trinajstić information content (AvgIpc) is 3.09. The van der Waals surface area contributed by atoms with Crippen LogP contribution in [0, 0.1) is 23.0 Å². The summed E-state index contributed by atoms with van der Waals surface area (Å²) >= 11 is 0. The van der Waals surface area contributed by atoms with Gasteiger partial charge in [-0.15, -0.1) is 0 Å². The summed E-state index contributed by atoms with van der Waals surface area (Å²) in [5.74, 6) is -0.625. The van der Waals surface area contributed by atoms with Crippen molar-refractivity contribution in [2.45, 2.75) is 52.3 Å². The van der Waals surface area contributed by atoms with Crippen molar-refractivity contribution in [3.63, 3.8) is 0 Å². The number of amides is 1. The number of nitro groups is 1. The van der Waals surface area contributed by atoms with Crippen molar-refractivity contribution in [1.29, 1.82) is 0 Å². The van der Waals surface area contributed by atoms with Gasteiger partial charge in [-0.1, -0.05) is 6.92 Å². The number of carbonyl (C=O) groups excluding carboxylic acids is 1. The van der Waals surface area contributed by atoms with Crippen molar-refractivity contribution < 1.29 is 14.5 Å². The van der Waals surface area contributed by atoms with E-state index in [9.17, 15) is 14.9 Å². The Balaban J connectivity index is 1.92. The minimum Gasteiger partial charge on any atom is -0.376 e. The van der Waals surface area contributed by atoms with E-state index >= 15 is 0 Å². The number of hydrogen-bond acceptors (Lipinski definition) is 5. The molecule has 2 rings (SSSR count). The molecule has 8 heteroatoms. The molecular formula is C14H22N4O4. The fourth-order valence-electron chi connectivity index (χ4n) is 2.57. The lowest BCUT2D eigenvalue weighted by Gasteiger charge is -2.22. The second-order valence-electron chi connectivity index (χ2n) is 5.83. The van der Waals surface area contributed by atoms with Crippen LogP contribution in [-0.2, 0) is 16.1 Å². The second kappa shape index (κ2) is 6.87.